The third-order valence-corrected chi connectivity index (χ3v) is 2.70. The van der Waals surface area contributed by atoms with E-state index in [0.717, 1.165) is 12.2 Å². The van der Waals surface area contributed by atoms with Gasteiger partial charge in [-0.2, -0.15) is 0 Å². The maximum atomic E-state index is 11.7. The van der Waals surface area contributed by atoms with Crippen LogP contribution in [0.2, 0.25) is 0 Å². The summed E-state index contributed by atoms with van der Waals surface area (Å²) in [5, 5.41) is 19.6. The molecule has 0 amide bonds. The van der Waals surface area contributed by atoms with Crippen LogP contribution < -0.4 is 0 Å². The van der Waals surface area contributed by atoms with E-state index < -0.39 is 5.78 Å². The molecule has 0 spiro atoms. The summed E-state index contributed by atoms with van der Waals surface area (Å²) >= 11 is 0. The number of rotatable bonds is 4. The van der Waals surface area contributed by atoms with Crippen LogP contribution in [-0.2, 0) is 4.79 Å². The molecule has 0 fully saturated rings. The number of hydrogen-bond donors (Lipinski definition) is 2. The molecular weight excluding hydrogens is 252 g/mol. The average Bonchev–Trinajstić information content (AvgIpc) is 2.49. The van der Waals surface area contributed by atoms with Crippen LogP contribution in [0, 0.1) is 0 Å². The molecule has 0 radical (unpaired) electrons. The highest BCUT2D eigenvalue weighted by Gasteiger charge is 2.04. The molecular formula is C17H14O3. The number of aliphatic hydroxyl groups excluding tert-OH is 2. The van der Waals surface area contributed by atoms with Gasteiger partial charge in [-0.05, 0) is 0 Å². The summed E-state index contributed by atoms with van der Waals surface area (Å²) in [5.74, 6) is -0.742. The van der Waals surface area contributed by atoms with Crippen LogP contribution in [0.15, 0.2) is 72.8 Å². The van der Waals surface area contributed by atoms with E-state index in [0.29, 0.717) is 11.1 Å². The fourth-order valence-corrected chi connectivity index (χ4v) is 1.70. The summed E-state index contributed by atoms with van der Waals surface area (Å²) in [6.45, 7) is 0. The molecule has 0 aromatic heterocycles. The maximum Gasteiger partial charge on any atom is 0.186 e. The first-order chi connectivity index (χ1) is 9.66. The first-order valence-corrected chi connectivity index (χ1v) is 6.13. The Hall–Kier alpha value is -2.81. The van der Waals surface area contributed by atoms with Gasteiger partial charge in [-0.15, -0.1) is 0 Å². The van der Waals surface area contributed by atoms with Crippen molar-refractivity contribution in [3.8, 4) is 0 Å². The zero-order valence-electron chi connectivity index (χ0n) is 10.7. The predicted molar refractivity (Wildman–Crippen MR) is 79.1 cm³/mol. The largest absolute Gasteiger partial charge is 0.507 e. The Morgan fingerprint density at radius 1 is 0.700 bits per heavy atom. The lowest BCUT2D eigenvalue weighted by Crippen LogP contribution is -1.93. The standard InChI is InChI=1S/C17H14O3/c18-15(11-16(19)13-7-3-1-4-8-13)12-17(20)14-9-5-2-6-10-14/h1-12,19-20H. The van der Waals surface area contributed by atoms with Crippen molar-refractivity contribution >= 4 is 17.3 Å². The van der Waals surface area contributed by atoms with E-state index >= 15 is 0 Å². The number of allylic oxidation sites excluding steroid dienone is 2. The highest BCUT2D eigenvalue weighted by Crippen LogP contribution is 2.13. The fraction of sp³-hybridized carbons (Fsp3) is 0. The van der Waals surface area contributed by atoms with E-state index in [-0.39, 0.29) is 11.5 Å². The van der Waals surface area contributed by atoms with E-state index in [9.17, 15) is 15.0 Å². The summed E-state index contributed by atoms with van der Waals surface area (Å²) < 4.78 is 0. The molecule has 0 saturated carbocycles. The van der Waals surface area contributed by atoms with E-state index in [4.69, 9.17) is 0 Å². The molecule has 0 saturated heterocycles. The topological polar surface area (TPSA) is 57.5 Å². The summed E-state index contributed by atoms with van der Waals surface area (Å²) in [7, 11) is 0. The number of benzene rings is 2. The first-order valence-electron chi connectivity index (χ1n) is 6.13. The van der Waals surface area contributed by atoms with E-state index in [1.807, 2.05) is 12.1 Å². The smallest absolute Gasteiger partial charge is 0.186 e. The average molecular weight is 266 g/mol. The van der Waals surface area contributed by atoms with Crippen LogP contribution in [0.1, 0.15) is 11.1 Å². The van der Waals surface area contributed by atoms with E-state index in [1.54, 1.807) is 48.5 Å². The van der Waals surface area contributed by atoms with Crippen molar-refractivity contribution in [2.75, 3.05) is 0 Å². The van der Waals surface area contributed by atoms with Crippen LogP contribution in [0.4, 0.5) is 0 Å². The molecule has 3 nitrogen and oxygen atoms in total. The number of ketones is 1. The van der Waals surface area contributed by atoms with Crippen LogP contribution in [-0.4, -0.2) is 16.0 Å². The van der Waals surface area contributed by atoms with Crippen molar-refractivity contribution in [3.63, 3.8) is 0 Å². The maximum absolute atomic E-state index is 11.7. The van der Waals surface area contributed by atoms with Gasteiger partial charge in [0, 0.05) is 23.3 Å². The lowest BCUT2D eigenvalue weighted by Gasteiger charge is -2.00. The highest BCUT2D eigenvalue weighted by atomic mass is 16.3. The zero-order chi connectivity index (χ0) is 14.4. The molecule has 0 aliphatic rings. The second-order valence-electron chi connectivity index (χ2n) is 4.19. The lowest BCUT2D eigenvalue weighted by molar-refractivity contribution is -0.110. The predicted octanol–water partition coefficient (Wildman–Crippen LogP) is 3.75. The van der Waals surface area contributed by atoms with Crippen LogP contribution in [0.25, 0.3) is 11.5 Å². The number of carbonyl (C=O) groups is 1. The van der Waals surface area contributed by atoms with Crippen LogP contribution >= 0.6 is 0 Å². The Bertz CT molecular complexity index is 583. The van der Waals surface area contributed by atoms with Gasteiger partial charge in [0.25, 0.3) is 0 Å². The lowest BCUT2D eigenvalue weighted by atomic mass is 10.1. The molecule has 2 rings (SSSR count). The Labute approximate surface area is 117 Å². The highest BCUT2D eigenvalue weighted by molar-refractivity contribution is 6.06. The summed E-state index contributed by atoms with van der Waals surface area (Å²) in [6, 6.07) is 17.5. The molecule has 2 N–H and O–H groups in total. The molecule has 2 aromatic carbocycles. The van der Waals surface area contributed by atoms with Gasteiger partial charge in [0.15, 0.2) is 5.78 Å². The normalized spacial score (nSPS) is 12.2. The molecule has 0 aliphatic carbocycles. The van der Waals surface area contributed by atoms with Crippen LogP contribution in [0.5, 0.6) is 0 Å². The minimum absolute atomic E-state index is 0.132. The summed E-state index contributed by atoms with van der Waals surface area (Å²) in [5.41, 5.74) is 1.10. The summed E-state index contributed by atoms with van der Waals surface area (Å²) in [4.78, 5) is 11.7. The molecule has 0 heterocycles. The number of aliphatic hydroxyl groups is 2. The number of carbonyl (C=O) groups excluding carboxylic acids is 1. The molecule has 20 heavy (non-hydrogen) atoms. The Morgan fingerprint density at radius 3 is 1.40 bits per heavy atom. The first kappa shape index (κ1) is 13.6. The summed E-state index contributed by atoms with van der Waals surface area (Å²) in [6.07, 6.45) is 2.16. The molecule has 0 bridgehead atoms. The van der Waals surface area contributed by atoms with Crippen molar-refractivity contribution in [1.29, 1.82) is 0 Å². The zero-order valence-corrected chi connectivity index (χ0v) is 10.7. The molecule has 0 unspecified atom stereocenters. The van der Waals surface area contributed by atoms with Gasteiger partial charge in [-0.3, -0.25) is 4.79 Å². The van der Waals surface area contributed by atoms with Gasteiger partial charge in [0.1, 0.15) is 11.5 Å². The molecule has 0 aliphatic heterocycles. The van der Waals surface area contributed by atoms with Gasteiger partial charge in [-0.25, -0.2) is 0 Å². The quantitative estimate of drug-likeness (QED) is 0.654. The van der Waals surface area contributed by atoms with Gasteiger partial charge >= 0.3 is 0 Å². The van der Waals surface area contributed by atoms with Crippen molar-refractivity contribution in [2.24, 2.45) is 0 Å². The van der Waals surface area contributed by atoms with Gasteiger partial charge < -0.3 is 10.2 Å². The molecule has 0 atom stereocenters. The third-order valence-electron chi connectivity index (χ3n) is 2.70. The van der Waals surface area contributed by atoms with Gasteiger partial charge in [-0.1, -0.05) is 60.7 Å². The van der Waals surface area contributed by atoms with Crippen LogP contribution in [0.3, 0.4) is 0 Å². The molecule has 100 valence electrons. The SMILES string of the molecule is O=C(C=C(O)c1ccccc1)C=C(O)c1ccccc1. The molecule has 3 heteroatoms. The minimum Gasteiger partial charge on any atom is -0.507 e. The Kier molecular flexibility index (Phi) is 4.35. The van der Waals surface area contributed by atoms with Crippen molar-refractivity contribution in [2.45, 2.75) is 0 Å². The van der Waals surface area contributed by atoms with E-state index in [1.165, 1.54) is 0 Å². The minimum atomic E-state index is -0.479. The Morgan fingerprint density at radius 2 is 1.05 bits per heavy atom. The second kappa shape index (κ2) is 6.38. The fourth-order valence-electron chi connectivity index (χ4n) is 1.70. The van der Waals surface area contributed by atoms with Crippen molar-refractivity contribution < 1.29 is 15.0 Å². The van der Waals surface area contributed by atoms with Crippen molar-refractivity contribution in [3.05, 3.63) is 83.9 Å². The Balaban J connectivity index is 2.17. The molecule has 2 aromatic rings. The second-order valence-corrected chi connectivity index (χ2v) is 4.19. The number of hydrogen-bond acceptors (Lipinski definition) is 3. The third kappa shape index (κ3) is 3.59. The van der Waals surface area contributed by atoms with Crippen molar-refractivity contribution in [1.82, 2.24) is 0 Å². The van der Waals surface area contributed by atoms with Gasteiger partial charge in [0.05, 0.1) is 0 Å². The monoisotopic (exact) mass is 266 g/mol. The van der Waals surface area contributed by atoms with Gasteiger partial charge in [0.2, 0.25) is 0 Å². The van der Waals surface area contributed by atoms with E-state index in [2.05, 4.69) is 0 Å².